The molecule has 0 bridgehead atoms. The molecule has 4 nitrogen and oxygen atoms in total. The SMILES string of the molecule is CCCCCCC[C@@H]1OC(=O)[C@@H](C)[C@H]1C(=O)OCC. The van der Waals surface area contributed by atoms with Crippen LogP contribution in [0.25, 0.3) is 0 Å². The Bertz CT molecular complexity index is 301. The highest BCUT2D eigenvalue weighted by atomic mass is 16.6. The van der Waals surface area contributed by atoms with Gasteiger partial charge in [-0.25, -0.2) is 0 Å². The van der Waals surface area contributed by atoms with Crippen molar-refractivity contribution in [2.45, 2.75) is 65.4 Å². The maximum atomic E-state index is 11.9. The summed E-state index contributed by atoms with van der Waals surface area (Å²) >= 11 is 0. The van der Waals surface area contributed by atoms with Crippen LogP contribution in [0.2, 0.25) is 0 Å². The standard InChI is InChI=1S/C15H26O4/c1-4-6-7-8-9-10-12-13(15(17)18-5-2)11(3)14(16)19-12/h11-13H,4-10H2,1-3H3/t11-,12-,13+/m0/s1. The molecule has 1 aliphatic heterocycles. The molecule has 3 atom stereocenters. The first-order chi connectivity index (χ1) is 9.11. The number of hydrogen-bond acceptors (Lipinski definition) is 4. The Hall–Kier alpha value is -1.06. The summed E-state index contributed by atoms with van der Waals surface area (Å²) in [4.78, 5) is 23.5. The summed E-state index contributed by atoms with van der Waals surface area (Å²) in [5.41, 5.74) is 0. The zero-order valence-corrected chi connectivity index (χ0v) is 12.3. The zero-order chi connectivity index (χ0) is 14.3. The molecule has 1 heterocycles. The van der Waals surface area contributed by atoms with Crippen molar-refractivity contribution in [3.05, 3.63) is 0 Å². The quantitative estimate of drug-likeness (QED) is 0.502. The van der Waals surface area contributed by atoms with Crippen LogP contribution in [0.15, 0.2) is 0 Å². The summed E-state index contributed by atoms with van der Waals surface area (Å²) in [6, 6.07) is 0. The fourth-order valence-corrected chi connectivity index (χ4v) is 2.58. The van der Waals surface area contributed by atoms with Gasteiger partial charge in [-0.2, -0.15) is 0 Å². The molecule has 0 aromatic heterocycles. The molecule has 0 aromatic carbocycles. The molecular weight excluding hydrogens is 244 g/mol. The molecule has 0 aromatic rings. The molecule has 0 unspecified atom stereocenters. The minimum Gasteiger partial charge on any atom is -0.466 e. The second kappa shape index (κ2) is 8.18. The van der Waals surface area contributed by atoms with Crippen LogP contribution in [0.3, 0.4) is 0 Å². The van der Waals surface area contributed by atoms with E-state index in [2.05, 4.69) is 6.92 Å². The fraction of sp³-hybridized carbons (Fsp3) is 0.867. The molecule has 0 spiro atoms. The summed E-state index contributed by atoms with van der Waals surface area (Å²) in [6.07, 6.45) is 6.26. The monoisotopic (exact) mass is 270 g/mol. The van der Waals surface area contributed by atoms with Crippen LogP contribution in [0, 0.1) is 11.8 Å². The summed E-state index contributed by atoms with van der Waals surface area (Å²) in [7, 11) is 0. The van der Waals surface area contributed by atoms with E-state index in [1.165, 1.54) is 19.3 Å². The van der Waals surface area contributed by atoms with Crippen molar-refractivity contribution in [1.29, 1.82) is 0 Å². The van der Waals surface area contributed by atoms with Gasteiger partial charge in [-0.05, 0) is 19.8 Å². The van der Waals surface area contributed by atoms with Gasteiger partial charge in [0.05, 0.1) is 12.5 Å². The van der Waals surface area contributed by atoms with E-state index in [-0.39, 0.29) is 24.0 Å². The van der Waals surface area contributed by atoms with E-state index in [0.29, 0.717) is 6.61 Å². The van der Waals surface area contributed by atoms with Gasteiger partial charge in [0.15, 0.2) is 0 Å². The Labute approximate surface area is 115 Å². The van der Waals surface area contributed by atoms with Gasteiger partial charge in [-0.15, -0.1) is 0 Å². The Morgan fingerprint density at radius 1 is 1.21 bits per heavy atom. The molecular formula is C15H26O4. The van der Waals surface area contributed by atoms with Gasteiger partial charge < -0.3 is 9.47 Å². The molecule has 0 saturated carbocycles. The third kappa shape index (κ3) is 4.51. The van der Waals surface area contributed by atoms with Crippen LogP contribution in [-0.4, -0.2) is 24.6 Å². The number of hydrogen-bond donors (Lipinski definition) is 0. The van der Waals surface area contributed by atoms with E-state index in [0.717, 1.165) is 19.3 Å². The number of unbranched alkanes of at least 4 members (excludes halogenated alkanes) is 4. The van der Waals surface area contributed by atoms with Crippen molar-refractivity contribution in [3.63, 3.8) is 0 Å². The van der Waals surface area contributed by atoms with E-state index in [4.69, 9.17) is 9.47 Å². The molecule has 1 aliphatic rings. The summed E-state index contributed by atoms with van der Waals surface area (Å²) in [5.74, 6) is -1.35. The number of cyclic esters (lactones) is 1. The highest BCUT2D eigenvalue weighted by Crippen LogP contribution is 2.32. The zero-order valence-electron chi connectivity index (χ0n) is 12.3. The van der Waals surface area contributed by atoms with Crippen molar-refractivity contribution in [2.24, 2.45) is 11.8 Å². The highest BCUT2D eigenvalue weighted by molar-refractivity contribution is 5.85. The van der Waals surface area contributed by atoms with Gasteiger partial charge >= 0.3 is 11.9 Å². The first kappa shape index (κ1) is 16.0. The third-order valence-electron chi connectivity index (χ3n) is 3.73. The number of esters is 2. The van der Waals surface area contributed by atoms with Crippen LogP contribution in [-0.2, 0) is 19.1 Å². The minimum atomic E-state index is -0.418. The molecule has 19 heavy (non-hydrogen) atoms. The number of rotatable bonds is 8. The van der Waals surface area contributed by atoms with Gasteiger partial charge in [-0.1, -0.05) is 39.5 Å². The number of carbonyl (C=O) groups is 2. The van der Waals surface area contributed by atoms with Crippen molar-refractivity contribution in [2.75, 3.05) is 6.61 Å². The average Bonchev–Trinajstić information content (AvgIpc) is 2.65. The molecule has 0 N–H and O–H groups in total. The van der Waals surface area contributed by atoms with Gasteiger partial charge in [0.25, 0.3) is 0 Å². The van der Waals surface area contributed by atoms with Gasteiger partial charge in [-0.3, -0.25) is 9.59 Å². The average molecular weight is 270 g/mol. The fourth-order valence-electron chi connectivity index (χ4n) is 2.58. The predicted octanol–water partition coefficient (Wildman–Crippen LogP) is 3.09. The summed E-state index contributed by atoms with van der Waals surface area (Å²) in [6.45, 7) is 6.05. The maximum Gasteiger partial charge on any atom is 0.313 e. The lowest BCUT2D eigenvalue weighted by Crippen LogP contribution is -2.30. The normalized spacial score (nSPS) is 26.3. The lowest BCUT2D eigenvalue weighted by molar-refractivity contribution is -0.151. The van der Waals surface area contributed by atoms with Crippen LogP contribution in [0.1, 0.15) is 59.3 Å². The number of ether oxygens (including phenoxy) is 2. The summed E-state index contributed by atoms with van der Waals surface area (Å²) in [5, 5.41) is 0. The Morgan fingerprint density at radius 3 is 2.53 bits per heavy atom. The second-order valence-electron chi connectivity index (χ2n) is 5.24. The molecule has 1 saturated heterocycles. The van der Waals surface area contributed by atoms with Crippen LogP contribution in [0.4, 0.5) is 0 Å². The Kier molecular flexibility index (Phi) is 6.89. The Morgan fingerprint density at radius 2 is 1.89 bits per heavy atom. The van der Waals surface area contributed by atoms with E-state index in [9.17, 15) is 9.59 Å². The van der Waals surface area contributed by atoms with E-state index >= 15 is 0 Å². The molecule has 0 radical (unpaired) electrons. The summed E-state index contributed by atoms with van der Waals surface area (Å²) < 4.78 is 10.4. The van der Waals surface area contributed by atoms with Gasteiger partial charge in [0.1, 0.15) is 12.0 Å². The molecule has 1 fully saturated rings. The number of carbonyl (C=O) groups excluding carboxylic acids is 2. The minimum absolute atomic E-state index is 0.267. The molecule has 110 valence electrons. The van der Waals surface area contributed by atoms with E-state index < -0.39 is 5.92 Å². The largest absolute Gasteiger partial charge is 0.466 e. The second-order valence-corrected chi connectivity index (χ2v) is 5.24. The van der Waals surface area contributed by atoms with Gasteiger partial charge in [0, 0.05) is 0 Å². The predicted molar refractivity (Wildman–Crippen MR) is 72.5 cm³/mol. The Balaban J connectivity index is 2.45. The third-order valence-corrected chi connectivity index (χ3v) is 3.73. The van der Waals surface area contributed by atoms with Crippen LogP contribution >= 0.6 is 0 Å². The molecule has 0 aliphatic carbocycles. The molecule has 1 rings (SSSR count). The first-order valence-electron chi connectivity index (χ1n) is 7.48. The lowest BCUT2D eigenvalue weighted by atomic mass is 9.89. The molecule has 4 heteroatoms. The smallest absolute Gasteiger partial charge is 0.313 e. The highest BCUT2D eigenvalue weighted by Gasteiger charge is 2.46. The van der Waals surface area contributed by atoms with Crippen LogP contribution in [0.5, 0.6) is 0 Å². The maximum absolute atomic E-state index is 11.9. The van der Waals surface area contributed by atoms with Gasteiger partial charge in [0.2, 0.25) is 0 Å². The molecule has 0 amide bonds. The lowest BCUT2D eigenvalue weighted by Gasteiger charge is -2.17. The van der Waals surface area contributed by atoms with Crippen molar-refractivity contribution in [1.82, 2.24) is 0 Å². The van der Waals surface area contributed by atoms with Crippen molar-refractivity contribution >= 4 is 11.9 Å². The van der Waals surface area contributed by atoms with Crippen molar-refractivity contribution < 1.29 is 19.1 Å². The first-order valence-corrected chi connectivity index (χ1v) is 7.48. The van der Waals surface area contributed by atoms with Crippen LogP contribution < -0.4 is 0 Å². The topological polar surface area (TPSA) is 52.6 Å². The van der Waals surface area contributed by atoms with E-state index in [1.54, 1.807) is 13.8 Å². The van der Waals surface area contributed by atoms with Crippen molar-refractivity contribution in [3.8, 4) is 0 Å². The van der Waals surface area contributed by atoms with E-state index in [1.807, 2.05) is 0 Å².